The van der Waals surface area contributed by atoms with E-state index in [1.165, 1.54) is 17.4 Å². The lowest BCUT2D eigenvalue weighted by atomic mass is 10.1. The summed E-state index contributed by atoms with van der Waals surface area (Å²) in [6.45, 7) is 0.531. The highest BCUT2D eigenvalue weighted by atomic mass is 32.1. The molecule has 0 saturated carbocycles. The number of nitrogens with one attached hydrogen (secondary N) is 1. The first kappa shape index (κ1) is 13.0. The first-order valence-electron chi connectivity index (χ1n) is 5.52. The van der Waals surface area contributed by atoms with Gasteiger partial charge in [-0.3, -0.25) is 10.1 Å². The Morgan fingerprint density at radius 3 is 3.00 bits per heavy atom. The topological polar surface area (TPSA) is 91.8 Å². The van der Waals surface area contributed by atoms with Crippen LogP contribution >= 0.6 is 11.3 Å². The Bertz CT molecular complexity index is 619. The van der Waals surface area contributed by atoms with E-state index in [2.05, 4.69) is 10.3 Å². The minimum absolute atomic E-state index is 0.0595. The highest BCUT2D eigenvalue weighted by Crippen LogP contribution is 2.27. The van der Waals surface area contributed by atoms with Gasteiger partial charge in [-0.15, -0.1) is 11.3 Å². The van der Waals surface area contributed by atoms with Crippen molar-refractivity contribution >= 4 is 22.7 Å². The molecule has 0 aliphatic rings. The molecular weight excluding hydrogens is 264 g/mol. The third-order valence-corrected chi connectivity index (χ3v) is 3.32. The van der Waals surface area contributed by atoms with E-state index in [1.54, 1.807) is 18.3 Å². The number of nitriles is 1. The zero-order valence-electron chi connectivity index (χ0n) is 9.87. The van der Waals surface area contributed by atoms with Crippen LogP contribution in [0.15, 0.2) is 29.8 Å². The van der Waals surface area contributed by atoms with Gasteiger partial charge >= 0.3 is 5.69 Å². The number of benzene rings is 1. The quantitative estimate of drug-likeness (QED) is 0.668. The molecule has 2 aromatic rings. The van der Waals surface area contributed by atoms with Crippen molar-refractivity contribution in [3.63, 3.8) is 0 Å². The van der Waals surface area contributed by atoms with Crippen molar-refractivity contribution in [1.29, 1.82) is 5.26 Å². The summed E-state index contributed by atoms with van der Waals surface area (Å²) >= 11 is 1.54. The molecule has 1 aromatic carbocycles. The van der Waals surface area contributed by atoms with Crippen LogP contribution in [0.3, 0.4) is 0 Å². The normalized spacial score (nSPS) is 9.84. The molecule has 0 fully saturated rings. The number of anilines is 1. The van der Waals surface area contributed by atoms with Gasteiger partial charge in [0.05, 0.1) is 9.93 Å². The maximum absolute atomic E-state index is 11.0. The monoisotopic (exact) mass is 274 g/mol. The first-order valence-corrected chi connectivity index (χ1v) is 6.40. The second kappa shape index (κ2) is 5.93. The van der Waals surface area contributed by atoms with Crippen LogP contribution in [-0.4, -0.2) is 16.5 Å². The number of hydrogen-bond acceptors (Lipinski definition) is 6. The molecule has 0 bridgehead atoms. The first-order chi connectivity index (χ1) is 9.22. The van der Waals surface area contributed by atoms with Gasteiger partial charge in [0.2, 0.25) is 0 Å². The molecule has 7 heteroatoms. The summed E-state index contributed by atoms with van der Waals surface area (Å²) in [6, 6.07) is 6.48. The molecule has 0 spiro atoms. The molecule has 96 valence electrons. The van der Waals surface area contributed by atoms with Crippen LogP contribution in [0.1, 0.15) is 10.6 Å². The molecule has 0 unspecified atom stereocenters. The lowest BCUT2D eigenvalue weighted by molar-refractivity contribution is -0.384. The minimum atomic E-state index is -0.537. The molecule has 1 N–H and O–H groups in total. The van der Waals surface area contributed by atoms with Gasteiger partial charge in [0.1, 0.15) is 17.3 Å². The lowest BCUT2D eigenvalue weighted by Crippen LogP contribution is -2.07. The van der Waals surface area contributed by atoms with Gasteiger partial charge in [-0.1, -0.05) is 6.07 Å². The predicted molar refractivity (Wildman–Crippen MR) is 72.1 cm³/mol. The summed E-state index contributed by atoms with van der Waals surface area (Å²) in [4.78, 5) is 14.6. The van der Waals surface area contributed by atoms with Crippen molar-refractivity contribution in [3.05, 3.63) is 50.5 Å². The number of para-hydroxylation sites is 1. The van der Waals surface area contributed by atoms with Gasteiger partial charge in [0, 0.05) is 24.5 Å². The largest absolute Gasteiger partial charge is 0.379 e. The number of nitro benzene ring substituents is 1. The van der Waals surface area contributed by atoms with E-state index >= 15 is 0 Å². The molecule has 6 nitrogen and oxygen atoms in total. The highest BCUT2D eigenvalue weighted by molar-refractivity contribution is 7.09. The average Bonchev–Trinajstić information content (AvgIpc) is 2.91. The minimum Gasteiger partial charge on any atom is -0.379 e. The van der Waals surface area contributed by atoms with Gasteiger partial charge < -0.3 is 5.32 Å². The van der Waals surface area contributed by atoms with E-state index in [9.17, 15) is 10.1 Å². The third kappa shape index (κ3) is 3.05. The van der Waals surface area contributed by atoms with Gasteiger partial charge in [-0.25, -0.2) is 4.98 Å². The van der Waals surface area contributed by atoms with Crippen LogP contribution in [0.4, 0.5) is 11.4 Å². The second-order valence-corrected chi connectivity index (χ2v) is 4.65. The molecule has 1 heterocycles. The van der Waals surface area contributed by atoms with Gasteiger partial charge in [-0.05, 0) is 12.1 Å². The molecule has 0 aliphatic carbocycles. The maximum atomic E-state index is 11.0. The number of thiazole rings is 1. The lowest BCUT2D eigenvalue weighted by Gasteiger charge is -2.06. The van der Waals surface area contributed by atoms with Gasteiger partial charge in [0.25, 0.3) is 0 Å². The molecule has 19 heavy (non-hydrogen) atoms. The number of hydrogen-bond donors (Lipinski definition) is 1. The fourth-order valence-corrected chi connectivity index (χ4v) is 2.27. The van der Waals surface area contributed by atoms with E-state index < -0.39 is 4.92 Å². The van der Waals surface area contributed by atoms with Crippen LogP contribution in [-0.2, 0) is 6.42 Å². The average molecular weight is 274 g/mol. The summed E-state index contributed by atoms with van der Waals surface area (Å²) in [5.74, 6) is 0. The number of rotatable bonds is 5. The van der Waals surface area contributed by atoms with Crippen molar-refractivity contribution in [2.45, 2.75) is 6.42 Å². The third-order valence-electron chi connectivity index (χ3n) is 2.48. The molecular formula is C12H10N4O2S. The Hall–Kier alpha value is -2.46. The Kier molecular flexibility index (Phi) is 4.05. The smallest absolute Gasteiger partial charge is 0.309 e. The number of aromatic nitrogens is 1. The van der Waals surface area contributed by atoms with E-state index in [4.69, 9.17) is 5.26 Å². The Balaban J connectivity index is 2.12. The van der Waals surface area contributed by atoms with Crippen LogP contribution in [0.5, 0.6) is 0 Å². The molecule has 0 aliphatic heterocycles. The standard InChI is InChI=1S/C12H10N4O2S/c13-8-9-2-1-3-10(12(9)16(17)18)14-5-4-11-15-6-7-19-11/h1-3,6-7,14H,4-5H2. The number of nitrogens with zero attached hydrogens (tertiary/aromatic N) is 3. The molecule has 1 aromatic heterocycles. The van der Waals surface area contributed by atoms with Crippen LogP contribution in [0.2, 0.25) is 0 Å². The molecule has 0 amide bonds. The maximum Gasteiger partial charge on any atom is 0.309 e. The van der Waals surface area contributed by atoms with E-state index in [1.807, 2.05) is 11.4 Å². The summed E-state index contributed by atoms with van der Waals surface area (Å²) in [5, 5.41) is 25.7. The fraction of sp³-hybridized carbons (Fsp3) is 0.167. The molecule has 2 rings (SSSR count). The van der Waals surface area contributed by atoms with E-state index in [-0.39, 0.29) is 11.3 Å². The zero-order valence-corrected chi connectivity index (χ0v) is 10.7. The second-order valence-electron chi connectivity index (χ2n) is 3.67. The van der Waals surface area contributed by atoms with Crippen molar-refractivity contribution < 1.29 is 4.92 Å². The SMILES string of the molecule is N#Cc1cccc(NCCc2nccs2)c1[N+](=O)[O-]. The van der Waals surface area contributed by atoms with E-state index in [0.29, 0.717) is 18.7 Å². The van der Waals surface area contributed by atoms with Crippen molar-refractivity contribution in [1.82, 2.24) is 4.98 Å². The highest BCUT2D eigenvalue weighted by Gasteiger charge is 2.18. The van der Waals surface area contributed by atoms with Crippen molar-refractivity contribution in [2.75, 3.05) is 11.9 Å². The van der Waals surface area contributed by atoms with Crippen LogP contribution in [0, 0.1) is 21.4 Å². The summed E-state index contributed by atoms with van der Waals surface area (Å²) in [6.07, 6.45) is 2.41. The number of nitro groups is 1. The van der Waals surface area contributed by atoms with Gasteiger partial charge in [-0.2, -0.15) is 5.26 Å². The zero-order chi connectivity index (χ0) is 13.7. The summed E-state index contributed by atoms with van der Waals surface area (Å²) in [7, 11) is 0. The predicted octanol–water partition coefficient (Wildman–Crippen LogP) is 2.58. The Morgan fingerprint density at radius 2 is 2.37 bits per heavy atom. The summed E-state index contributed by atoms with van der Waals surface area (Å²) in [5.41, 5.74) is 0.244. The molecule has 0 atom stereocenters. The van der Waals surface area contributed by atoms with Crippen molar-refractivity contribution in [2.24, 2.45) is 0 Å². The van der Waals surface area contributed by atoms with Crippen LogP contribution < -0.4 is 5.32 Å². The van der Waals surface area contributed by atoms with E-state index in [0.717, 1.165) is 5.01 Å². The summed E-state index contributed by atoms with van der Waals surface area (Å²) < 4.78 is 0. The Morgan fingerprint density at radius 1 is 1.53 bits per heavy atom. The van der Waals surface area contributed by atoms with Crippen LogP contribution in [0.25, 0.3) is 0 Å². The Labute approximate surface area is 113 Å². The van der Waals surface area contributed by atoms with Gasteiger partial charge in [0.15, 0.2) is 0 Å². The molecule has 0 radical (unpaired) electrons. The fourth-order valence-electron chi connectivity index (χ4n) is 1.65. The van der Waals surface area contributed by atoms with Crippen molar-refractivity contribution in [3.8, 4) is 6.07 Å². The molecule has 0 saturated heterocycles.